The first kappa shape index (κ1) is 13.9. The van der Waals surface area contributed by atoms with E-state index in [9.17, 15) is 0 Å². The lowest BCUT2D eigenvalue weighted by atomic mass is 9.91. The summed E-state index contributed by atoms with van der Waals surface area (Å²) in [5, 5.41) is 3.69. The molecule has 2 aliphatic rings. The van der Waals surface area contributed by atoms with Gasteiger partial charge in [-0.1, -0.05) is 32.4 Å². The summed E-state index contributed by atoms with van der Waals surface area (Å²) in [6.07, 6.45) is 7.04. The van der Waals surface area contributed by atoms with Gasteiger partial charge in [-0.3, -0.25) is 0 Å². The third-order valence-corrected chi connectivity index (χ3v) is 4.70. The number of benzene rings is 1. The van der Waals surface area contributed by atoms with Gasteiger partial charge in [0.1, 0.15) is 5.75 Å². The lowest BCUT2D eigenvalue weighted by Gasteiger charge is -2.25. The Kier molecular flexibility index (Phi) is 4.30. The molecule has 0 bridgehead atoms. The monoisotopic (exact) mass is 273 g/mol. The molecule has 20 heavy (non-hydrogen) atoms. The summed E-state index contributed by atoms with van der Waals surface area (Å²) in [5.74, 6) is 2.71. The van der Waals surface area contributed by atoms with E-state index in [2.05, 4.69) is 43.4 Å². The van der Waals surface area contributed by atoms with E-state index in [4.69, 9.17) is 4.74 Å². The van der Waals surface area contributed by atoms with Crippen LogP contribution in [0.25, 0.3) is 0 Å². The Hall–Kier alpha value is -1.02. The Morgan fingerprint density at radius 2 is 1.90 bits per heavy atom. The molecule has 0 saturated heterocycles. The van der Waals surface area contributed by atoms with Gasteiger partial charge in [0.05, 0.1) is 6.10 Å². The SMILES string of the molecule is CCNC(c1ccc(OC2CC2)cc1)C1CCC(C)C1. The van der Waals surface area contributed by atoms with Gasteiger partial charge in [-0.2, -0.15) is 0 Å². The smallest absolute Gasteiger partial charge is 0.119 e. The standard InChI is InChI=1S/C18H27NO/c1-3-19-18(15-5-4-13(2)12-15)14-6-8-16(9-7-14)20-17-10-11-17/h6-9,13,15,17-19H,3-5,10-12H2,1-2H3. The summed E-state index contributed by atoms with van der Waals surface area (Å²) in [7, 11) is 0. The summed E-state index contributed by atoms with van der Waals surface area (Å²) in [5.41, 5.74) is 1.43. The summed E-state index contributed by atoms with van der Waals surface area (Å²) < 4.78 is 5.84. The predicted molar refractivity (Wildman–Crippen MR) is 83.0 cm³/mol. The van der Waals surface area contributed by atoms with E-state index >= 15 is 0 Å². The normalized spacial score (nSPS) is 27.5. The van der Waals surface area contributed by atoms with Crippen molar-refractivity contribution in [3.05, 3.63) is 29.8 Å². The van der Waals surface area contributed by atoms with E-state index in [0.29, 0.717) is 12.1 Å². The molecule has 3 rings (SSSR count). The van der Waals surface area contributed by atoms with Gasteiger partial charge < -0.3 is 10.1 Å². The van der Waals surface area contributed by atoms with Crippen molar-refractivity contribution in [2.24, 2.45) is 11.8 Å². The maximum atomic E-state index is 5.84. The van der Waals surface area contributed by atoms with Gasteiger partial charge in [0, 0.05) is 6.04 Å². The van der Waals surface area contributed by atoms with Crippen LogP contribution >= 0.6 is 0 Å². The lowest BCUT2D eigenvalue weighted by Crippen LogP contribution is -2.27. The largest absolute Gasteiger partial charge is 0.490 e. The first-order valence-electron chi connectivity index (χ1n) is 8.26. The Labute approximate surface area is 122 Å². The molecule has 0 spiro atoms. The van der Waals surface area contributed by atoms with Gasteiger partial charge in [0.15, 0.2) is 0 Å². The van der Waals surface area contributed by atoms with E-state index in [1.807, 2.05) is 0 Å². The molecule has 2 fully saturated rings. The first-order valence-corrected chi connectivity index (χ1v) is 8.26. The average molecular weight is 273 g/mol. The molecule has 0 aromatic heterocycles. The molecular weight excluding hydrogens is 246 g/mol. The summed E-state index contributed by atoms with van der Waals surface area (Å²) in [6.45, 7) is 5.63. The molecule has 0 aliphatic heterocycles. The van der Waals surface area contributed by atoms with Crippen molar-refractivity contribution in [2.45, 2.75) is 58.1 Å². The number of ether oxygens (including phenoxy) is 1. The van der Waals surface area contributed by atoms with Crippen molar-refractivity contribution in [3.63, 3.8) is 0 Å². The second-order valence-electron chi connectivity index (χ2n) is 6.60. The number of hydrogen-bond donors (Lipinski definition) is 1. The Balaban J connectivity index is 1.69. The summed E-state index contributed by atoms with van der Waals surface area (Å²) in [4.78, 5) is 0. The van der Waals surface area contributed by atoms with Crippen LogP contribution < -0.4 is 10.1 Å². The van der Waals surface area contributed by atoms with Crippen LogP contribution in [0.3, 0.4) is 0 Å². The maximum Gasteiger partial charge on any atom is 0.119 e. The topological polar surface area (TPSA) is 21.3 Å². The first-order chi connectivity index (χ1) is 9.76. The van der Waals surface area contributed by atoms with E-state index in [-0.39, 0.29) is 0 Å². The van der Waals surface area contributed by atoms with E-state index < -0.39 is 0 Å². The quantitative estimate of drug-likeness (QED) is 0.833. The van der Waals surface area contributed by atoms with Crippen molar-refractivity contribution >= 4 is 0 Å². The number of rotatable bonds is 6. The molecule has 1 aromatic rings. The van der Waals surface area contributed by atoms with E-state index in [1.54, 1.807) is 0 Å². The summed E-state index contributed by atoms with van der Waals surface area (Å²) in [6, 6.07) is 9.33. The third kappa shape index (κ3) is 3.35. The zero-order chi connectivity index (χ0) is 13.9. The van der Waals surface area contributed by atoms with Gasteiger partial charge in [-0.05, 0) is 61.8 Å². The predicted octanol–water partition coefficient (Wildman–Crippen LogP) is 4.31. The molecule has 1 aromatic carbocycles. The molecule has 3 atom stereocenters. The minimum atomic E-state index is 0.487. The number of hydrogen-bond acceptors (Lipinski definition) is 2. The Morgan fingerprint density at radius 1 is 1.15 bits per heavy atom. The van der Waals surface area contributed by atoms with Crippen LogP contribution in [0.15, 0.2) is 24.3 Å². The van der Waals surface area contributed by atoms with Crippen molar-refractivity contribution in [2.75, 3.05) is 6.54 Å². The van der Waals surface area contributed by atoms with Crippen LogP contribution in [0.4, 0.5) is 0 Å². The Bertz CT molecular complexity index is 424. The highest BCUT2D eigenvalue weighted by Gasteiger charge is 2.29. The molecular formula is C18H27NO. The van der Waals surface area contributed by atoms with Crippen LogP contribution in [0.1, 0.15) is 57.6 Å². The van der Waals surface area contributed by atoms with Crippen LogP contribution in [0.5, 0.6) is 5.75 Å². The third-order valence-electron chi connectivity index (χ3n) is 4.70. The zero-order valence-corrected chi connectivity index (χ0v) is 12.8. The van der Waals surface area contributed by atoms with Gasteiger partial charge in [0.25, 0.3) is 0 Å². The average Bonchev–Trinajstić information content (AvgIpc) is 3.17. The second kappa shape index (κ2) is 6.17. The molecule has 2 heteroatoms. The highest BCUT2D eigenvalue weighted by atomic mass is 16.5. The fraction of sp³-hybridized carbons (Fsp3) is 0.667. The molecule has 0 radical (unpaired) electrons. The van der Waals surface area contributed by atoms with Gasteiger partial charge >= 0.3 is 0 Å². The molecule has 0 amide bonds. The second-order valence-corrected chi connectivity index (χ2v) is 6.60. The fourth-order valence-corrected chi connectivity index (χ4v) is 3.46. The fourth-order valence-electron chi connectivity index (χ4n) is 3.46. The molecule has 1 N–H and O–H groups in total. The van der Waals surface area contributed by atoms with Gasteiger partial charge in [-0.15, -0.1) is 0 Å². The Morgan fingerprint density at radius 3 is 2.45 bits per heavy atom. The molecule has 3 unspecified atom stereocenters. The van der Waals surface area contributed by atoms with Crippen LogP contribution in [0, 0.1) is 11.8 Å². The van der Waals surface area contributed by atoms with Crippen molar-refractivity contribution in [1.82, 2.24) is 5.32 Å². The van der Waals surface area contributed by atoms with Crippen molar-refractivity contribution < 1.29 is 4.74 Å². The minimum absolute atomic E-state index is 0.487. The van der Waals surface area contributed by atoms with E-state index in [1.165, 1.54) is 37.7 Å². The van der Waals surface area contributed by atoms with Gasteiger partial charge in [-0.25, -0.2) is 0 Å². The minimum Gasteiger partial charge on any atom is -0.490 e. The lowest BCUT2D eigenvalue weighted by molar-refractivity contribution is 0.302. The number of nitrogens with one attached hydrogen (secondary N) is 1. The van der Waals surface area contributed by atoms with Crippen LogP contribution in [-0.4, -0.2) is 12.6 Å². The van der Waals surface area contributed by atoms with Gasteiger partial charge in [0.2, 0.25) is 0 Å². The van der Waals surface area contributed by atoms with Crippen molar-refractivity contribution in [3.8, 4) is 5.75 Å². The summed E-state index contributed by atoms with van der Waals surface area (Å²) >= 11 is 0. The van der Waals surface area contributed by atoms with Crippen molar-refractivity contribution in [1.29, 1.82) is 0 Å². The maximum absolute atomic E-state index is 5.84. The van der Waals surface area contributed by atoms with E-state index in [0.717, 1.165) is 24.1 Å². The molecule has 110 valence electrons. The molecule has 0 heterocycles. The molecule has 2 nitrogen and oxygen atoms in total. The van der Waals surface area contributed by atoms with Crippen LogP contribution in [0.2, 0.25) is 0 Å². The van der Waals surface area contributed by atoms with Crippen LogP contribution in [-0.2, 0) is 0 Å². The molecule has 2 saturated carbocycles. The zero-order valence-electron chi connectivity index (χ0n) is 12.8. The molecule has 2 aliphatic carbocycles. The highest BCUT2D eigenvalue weighted by molar-refractivity contribution is 5.30. The highest BCUT2D eigenvalue weighted by Crippen LogP contribution is 2.39.